The van der Waals surface area contributed by atoms with E-state index in [1.54, 1.807) is 0 Å². The van der Waals surface area contributed by atoms with Crippen LogP contribution in [0, 0.1) is 0 Å². The lowest BCUT2D eigenvalue weighted by atomic mass is 10.3. The standard InChI is InChI=1S/C8H11N3O4S/c1-5(13)4-11(2-3-12)7-6(8(14)15)9-16-10-7/h12H,2-4H2,1H3,(H,14,15). The molecule has 0 aliphatic carbocycles. The molecule has 0 spiro atoms. The highest BCUT2D eigenvalue weighted by Crippen LogP contribution is 2.17. The maximum Gasteiger partial charge on any atom is 0.359 e. The highest BCUT2D eigenvalue weighted by Gasteiger charge is 2.21. The van der Waals surface area contributed by atoms with E-state index in [-0.39, 0.29) is 37.0 Å². The Labute approximate surface area is 95.7 Å². The van der Waals surface area contributed by atoms with Crippen molar-refractivity contribution in [3.05, 3.63) is 5.69 Å². The minimum atomic E-state index is -1.20. The van der Waals surface area contributed by atoms with Crippen LogP contribution in [0.4, 0.5) is 5.82 Å². The summed E-state index contributed by atoms with van der Waals surface area (Å²) >= 11 is 0.760. The van der Waals surface area contributed by atoms with Gasteiger partial charge in [-0.15, -0.1) is 0 Å². The van der Waals surface area contributed by atoms with E-state index in [4.69, 9.17) is 10.2 Å². The first-order valence-corrected chi connectivity index (χ1v) is 5.20. The molecule has 8 heteroatoms. The van der Waals surface area contributed by atoms with Gasteiger partial charge < -0.3 is 15.1 Å². The van der Waals surface area contributed by atoms with Crippen LogP contribution in [0.3, 0.4) is 0 Å². The second-order valence-corrected chi connectivity index (χ2v) is 3.62. The number of anilines is 1. The van der Waals surface area contributed by atoms with Crippen LogP contribution >= 0.6 is 11.7 Å². The summed E-state index contributed by atoms with van der Waals surface area (Å²) < 4.78 is 7.44. The first-order chi connectivity index (χ1) is 7.56. The van der Waals surface area contributed by atoms with Crippen molar-refractivity contribution in [2.24, 2.45) is 0 Å². The van der Waals surface area contributed by atoms with E-state index < -0.39 is 5.97 Å². The topological polar surface area (TPSA) is 104 Å². The molecule has 88 valence electrons. The third-order valence-corrected chi connectivity index (χ3v) is 2.28. The molecule has 0 unspecified atom stereocenters. The number of nitrogens with zero attached hydrogens (tertiary/aromatic N) is 3. The Morgan fingerprint density at radius 1 is 1.44 bits per heavy atom. The van der Waals surface area contributed by atoms with E-state index in [2.05, 4.69) is 8.75 Å². The van der Waals surface area contributed by atoms with E-state index in [1.807, 2.05) is 0 Å². The fourth-order valence-corrected chi connectivity index (χ4v) is 1.74. The fourth-order valence-electron chi connectivity index (χ4n) is 1.18. The van der Waals surface area contributed by atoms with Gasteiger partial charge >= 0.3 is 5.97 Å². The maximum atomic E-state index is 11.0. The smallest absolute Gasteiger partial charge is 0.359 e. The average molecular weight is 245 g/mol. The number of aliphatic hydroxyl groups excluding tert-OH is 1. The number of carboxylic acid groups (broad SMARTS) is 1. The molecule has 1 aromatic heterocycles. The van der Waals surface area contributed by atoms with Crippen molar-refractivity contribution < 1.29 is 19.8 Å². The number of aliphatic hydroxyl groups is 1. The molecule has 0 aliphatic heterocycles. The Morgan fingerprint density at radius 2 is 2.12 bits per heavy atom. The monoisotopic (exact) mass is 245 g/mol. The predicted molar refractivity (Wildman–Crippen MR) is 56.8 cm³/mol. The Kier molecular flexibility index (Phi) is 4.32. The summed E-state index contributed by atoms with van der Waals surface area (Å²) in [4.78, 5) is 23.2. The van der Waals surface area contributed by atoms with Crippen LogP contribution in [0.15, 0.2) is 0 Å². The molecular formula is C8H11N3O4S. The molecule has 0 bridgehead atoms. The fraction of sp³-hybridized carbons (Fsp3) is 0.500. The lowest BCUT2D eigenvalue weighted by molar-refractivity contribution is -0.115. The number of hydrogen-bond donors (Lipinski definition) is 2. The van der Waals surface area contributed by atoms with Crippen LogP contribution in [0.2, 0.25) is 0 Å². The van der Waals surface area contributed by atoms with Gasteiger partial charge in [-0.25, -0.2) is 4.79 Å². The van der Waals surface area contributed by atoms with Gasteiger partial charge in [0.05, 0.1) is 24.9 Å². The first kappa shape index (κ1) is 12.5. The zero-order chi connectivity index (χ0) is 12.1. The molecule has 0 aliphatic rings. The number of hydrogen-bond acceptors (Lipinski definition) is 7. The van der Waals surface area contributed by atoms with E-state index in [0.717, 1.165) is 11.7 Å². The van der Waals surface area contributed by atoms with Crippen molar-refractivity contribution >= 4 is 29.3 Å². The van der Waals surface area contributed by atoms with Crippen molar-refractivity contribution in [3.8, 4) is 0 Å². The summed E-state index contributed by atoms with van der Waals surface area (Å²) in [5.41, 5.74) is -0.195. The van der Waals surface area contributed by atoms with Crippen molar-refractivity contribution in [1.29, 1.82) is 0 Å². The van der Waals surface area contributed by atoms with Gasteiger partial charge in [0.1, 0.15) is 5.78 Å². The van der Waals surface area contributed by atoms with Gasteiger partial charge in [-0.2, -0.15) is 8.75 Å². The molecule has 0 amide bonds. The zero-order valence-electron chi connectivity index (χ0n) is 8.58. The molecule has 7 nitrogen and oxygen atoms in total. The Hall–Kier alpha value is -1.54. The number of rotatable bonds is 6. The third-order valence-electron chi connectivity index (χ3n) is 1.76. The van der Waals surface area contributed by atoms with Crippen LogP contribution < -0.4 is 4.90 Å². The van der Waals surface area contributed by atoms with Crippen LogP contribution in [-0.4, -0.2) is 50.4 Å². The van der Waals surface area contributed by atoms with E-state index in [9.17, 15) is 9.59 Å². The van der Waals surface area contributed by atoms with Crippen molar-refractivity contribution in [1.82, 2.24) is 8.75 Å². The minimum Gasteiger partial charge on any atom is -0.476 e. The summed E-state index contributed by atoms with van der Waals surface area (Å²) in [7, 11) is 0. The quantitative estimate of drug-likeness (QED) is 0.704. The van der Waals surface area contributed by atoms with Crippen LogP contribution in [0.5, 0.6) is 0 Å². The van der Waals surface area contributed by atoms with Gasteiger partial charge in [0.2, 0.25) is 5.69 Å². The van der Waals surface area contributed by atoms with Crippen LogP contribution in [-0.2, 0) is 4.79 Å². The number of carbonyl (C=O) groups is 2. The summed E-state index contributed by atoms with van der Waals surface area (Å²) in [5, 5.41) is 17.7. The number of ketones is 1. The first-order valence-electron chi connectivity index (χ1n) is 4.47. The van der Waals surface area contributed by atoms with Gasteiger partial charge in [0.15, 0.2) is 5.82 Å². The molecule has 1 aromatic rings. The van der Waals surface area contributed by atoms with Crippen LogP contribution in [0.25, 0.3) is 0 Å². The van der Waals surface area contributed by atoms with Gasteiger partial charge in [0, 0.05) is 6.54 Å². The molecule has 1 rings (SSSR count). The molecule has 16 heavy (non-hydrogen) atoms. The van der Waals surface area contributed by atoms with Crippen molar-refractivity contribution in [3.63, 3.8) is 0 Å². The predicted octanol–water partition coefficient (Wildman–Crippen LogP) is -0.376. The normalized spacial score (nSPS) is 10.1. The van der Waals surface area contributed by atoms with Crippen molar-refractivity contribution in [2.45, 2.75) is 6.92 Å². The zero-order valence-corrected chi connectivity index (χ0v) is 9.40. The molecular weight excluding hydrogens is 234 g/mol. The Balaban J connectivity index is 2.95. The van der Waals surface area contributed by atoms with Crippen LogP contribution in [0.1, 0.15) is 17.4 Å². The number of aromatic carboxylic acids is 1. The highest BCUT2D eigenvalue weighted by atomic mass is 32.1. The molecule has 0 fully saturated rings. The summed E-state index contributed by atoms with van der Waals surface area (Å²) in [6, 6.07) is 0. The largest absolute Gasteiger partial charge is 0.476 e. The third kappa shape index (κ3) is 2.97. The molecule has 2 N–H and O–H groups in total. The van der Waals surface area contributed by atoms with Gasteiger partial charge in [-0.3, -0.25) is 4.79 Å². The SMILES string of the molecule is CC(=O)CN(CCO)c1nsnc1C(=O)O. The molecule has 1 heterocycles. The summed E-state index contributed by atoms with van der Waals surface area (Å²) in [5.74, 6) is -1.21. The van der Waals surface area contributed by atoms with Crippen molar-refractivity contribution in [2.75, 3.05) is 24.6 Å². The molecule has 0 atom stereocenters. The van der Waals surface area contributed by atoms with Gasteiger partial charge in [-0.1, -0.05) is 0 Å². The highest BCUT2D eigenvalue weighted by molar-refractivity contribution is 6.99. The maximum absolute atomic E-state index is 11.0. The molecule has 0 aromatic carbocycles. The lowest BCUT2D eigenvalue weighted by Gasteiger charge is -2.19. The summed E-state index contributed by atoms with van der Waals surface area (Å²) in [6.07, 6.45) is 0. The Bertz CT molecular complexity index is 392. The second kappa shape index (κ2) is 5.52. The molecule has 0 radical (unpaired) electrons. The minimum absolute atomic E-state index is 0.00620. The van der Waals surface area contributed by atoms with E-state index >= 15 is 0 Å². The van der Waals surface area contributed by atoms with E-state index in [1.165, 1.54) is 11.8 Å². The second-order valence-electron chi connectivity index (χ2n) is 3.09. The lowest BCUT2D eigenvalue weighted by Crippen LogP contribution is -2.32. The van der Waals surface area contributed by atoms with Gasteiger partial charge in [0.25, 0.3) is 0 Å². The summed E-state index contributed by atoms with van der Waals surface area (Å²) in [6.45, 7) is 1.34. The van der Waals surface area contributed by atoms with E-state index in [0.29, 0.717) is 0 Å². The number of carbonyl (C=O) groups excluding carboxylic acids is 1. The van der Waals surface area contributed by atoms with Gasteiger partial charge in [-0.05, 0) is 6.92 Å². The molecule has 0 saturated carbocycles. The number of carboxylic acids is 1. The molecule has 0 saturated heterocycles. The number of aromatic nitrogens is 2. The average Bonchev–Trinajstić information content (AvgIpc) is 2.64. The Morgan fingerprint density at radius 3 is 2.62 bits per heavy atom. The number of Topliss-reactive ketones (excluding diaryl/α,β-unsaturated/α-hetero) is 1.